The third-order valence-electron chi connectivity index (χ3n) is 4.42. The lowest BCUT2D eigenvalue weighted by atomic mass is 10.1. The number of benzene rings is 2. The fourth-order valence-electron chi connectivity index (χ4n) is 3.05. The van der Waals surface area contributed by atoms with Gasteiger partial charge < -0.3 is 9.52 Å². The Hall–Kier alpha value is -2.81. The number of hydrogen-bond donors (Lipinski definition) is 1. The maximum atomic E-state index is 13.0. The van der Waals surface area contributed by atoms with E-state index in [0.29, 0.717) is 5.56 Å². The van der Waals surface area contributed by atoms with Gasteiger partial charge in [-0.1, -0.05) is 36.4 Å². The van der Waals surface area contributed by atoms with E-state index in [2.05, 4.69) is 4.98 Å². The predicted octanol–water partition coefficient (Wildman–Crippen LogP) is 2.09. The lowest BCUT2D eigenvalue weighted by molar-refractivity contribution is 0.0756. The normalized spacial score (nSPS) is 17.7. The number of carbonyl (C=O) groups is 1. The Balaban J connectivity index is 1.78. The zero-order valence-electron chi connectivity index (χ0n) is 14.1. The molecule has 2 heterocycles. The van der Waals surface area contributed by atoms with E-state index in [4.69, 9.17) is 4.42 Å². The molecule has 1 aromatic heterocycles. The van der Waals surface area contributed by atoms with Gasteiger partial charge in [0.15, 0.2) is 5.76 Å². The smallest absolute Gasteiger partial charge is 0.244 e. The molecule has 1 atom stereocenters. The van der Waals surface area contributed by atoms with E-state index >= 15 is 0 Å². The average molecular weight is 384 g/mol. The summed E-state index contributed by atoms with van der Waals surface area (Å²) in [6.45, 7) is -0.800. The van der Waals surface area contributed by atoms with Crippen LogP contribution in [-0.2, 0) is 16.6 Å². The van der Waals surface area contributed by atoms with Gasteiger partial charge in [-0.3, -0.25) is 4.79 Å². The standard InChI is InChI=1S/C19H16N2O5S/c22-12-16-17(23)18-15(20-19(26-18)13-7-3-1-4-8-13)11-21(16)27(24,25)14-9-5-2-6-10-14/h1-10,16,22H,11-12H2/t16-/m0/s1. The lowest BCUT2D eigenvalue weighted by Gasteiger charge is -2.30. The fourth-order valence-corrected chi connectivity index (χ4v) is 4.61. The highest BCUT2D eigenvalue weighted by molar-refractivity contribution is 7.89. The summed E-state index contributed by atoms with van der Waals surface area (Å²) in [4.78, 5) is 17.2. The second-order valence-corrected chi connectivity index (χ2v) is 7.98. The molecule has 1 aliphatic rings. The highest BCUT2D eigenvalue weighted by atomic mass is 32.2. The van der Waals surface area contributed by atoms with Crippen molar-refractivity contribution >= 4 is 15.8 Å². The molecular weight excluding hydrogens is 368 g/mol. The third kappa shape index (κ3) is 2.97. The molecule has 0 saturated carbocycles. The molecule has 2 aromatic carbocycles. The van der Waals surface area contributed by atoms with Crippen LogP contribution in [-0.4, -0.2) is 41.2 Å². The van der Waals surface area contributed by atoms with Crippen LogP contribution in [0.5, 0.6) is 0 Å². The summed E-state index contributed by atoms with van der Waals surface area (Å²) in [5, 5.41) is 9.70. The van der Waals surface area contributed by atoms with Crippen LogP contribution in [0, 0.1) is 0 Å². The van der Waals surface area contributed by atoms with Crippen molar-refractivity contribution in [2.45, 2.75) is 17.5 Å². The van der Waals surface area contributed by atoms with Gasteiger partial charge in [-0.2, -0.15) is 4.31 Å². The summed E-state index contributed by atoms with van der Waals surface area (Å²) >= 11 is 0. The number of Topliss-reactive ketones (excluding diaryl/α,β-unsaturated/α-hetero) is 1. The molecule has 1 N–H and O–H groups in total. The van der Waals surface area contributed by atoms with Crippen molar-refractivity contribution in [3.63, 3.8) is 0 Å². The van der Waals surface area contributed by atoms with Gasteiger partial charge in [-0.15, -0.1) is 0 Å². The first kappa shape index (κ1) is 17.6. The van der Waals surface area contributed by atoms with Crippen molar-refractivity contribution in [2.75, 3.05) is 6.61 Å². The third-order valence-corrected chi connectivity index (χ3v) is 6.29. The topological polar surface area (TPSA) is 101 Å². The Kier molecular flexibility index (Phi) is 4.39. The van der Waals surface area contributed by atoms with Crippen LogP contribution >= 0.6 is 0 Å². The highest BCUT2D eigenvalue weighted by Gasteiger charge is 2.43. The SMILES string of the molecule is O=C1c2oc(-c3ccccc3)nc2CN(S(=O)(=O)c2ccccc2)[C@H]1CO. The van der Waals surface area contributed by atoms with Crippen LogP contribution in [0.3, 0.4) is 0 Å². The first-order valence-corrected chi connectivity index (χ1v) is 9.73. The van der Waals surface area contributed by atoms with E-state index < -0.39 is 28.5 Å². The highest BCUT2D eigenvalue weighted by Crippen LogP contribution is 2.31. The summed E-state index contributed by atoms with van der Waals surface area (Å²) in [6.07, 6.45) is 0. The van der Waals surface area contributed by atoms with Crippen LogP contribution in [0.1, 0.15) is 16.2 Å². The molecule has 0 amide bonds. The van der Waals surface area contributed by atoms with Crippen LogP contribution in [0.15, 0.2) is 70.0 Å². The van der Waals surface area contributed by atoms with Crippen molar-refractivity contribution in [3.05, 3.63) is 72.1 Å². The zero-order chi connectivity index (χ0) is 19.0. The molecule has 1 aliphatic heterocycles. The number of oxazole rings is 1. The number of fused-ring (bicyclic) bond motifs is 1. The average Bonchev–Trinajstić information content (AvgIpc) is 3.14. The quantitative estimate of drug-likeness (QED) is 0.739. The van der Waals surface area contributed by atoms with Crippen molar-refractivity contribution in [1.29, 1.82) is 0 Å². The Morgan fingerprint density at radius 3 is 2.33 bits per heavy atom. The van der Waals surface area contributed by atoms with Gasteiger partial charge in [0.2, 0.25) is 21.7 Å². The minimum atomic E-state index is -3.98. The van der Waals surface area contributed by atoms with Gasteiger partial charge >= 0.3 is 0 Å². The molecule has 0 saturated heterocycles. The van der Waals surface area contributed by atoms with Gasteiger partial charge in [0, 0.05) is 5.56 Å². The molecule has 0 unspecified atom stereocenters. The van der Waals surface area contributed by atoms with Crippen LogP contribution in [0.4, 0.5) is 0 Å². The number of aliphatic hydroxyl groups is 1. The first-order chi connectivity index (χ1) is 13.0. The summed E-state index contributed by atoms with van der Waals surface area (Å²) < 4.78 is 32.6. The second-order valence-electron chi connectivity index (χ2n) is 6.09. The molecule has 0 fully saturated rings. The van der Waals surface area contributed by atoms with Crippen LogP contribution in [0.25, 0.3) is 11.5 Å². The monoisotopic (exact) mass is 384 g/mol. The summed E-state index contributed by atoms with van der Waals surface area (Å²) in [5.74, 6) is -0.370. The second kappa shape index (κ2) is 6.73. The van der Waals surface area contributed by atoms with E-state index in [9.17, 15) is 18.3 Å². The number of aliphatic hydroxyl groups excluding tert-OH is 1. The molecule has 27 heavy (non-hydrogen) atoms. The number of carbonyl (C=O) groups excluding carboxylic acids is 1. The maximum Gasteiger partial charge on any atom is 0.244 e. The molecule has 0 aliphatic carbocycles. The van der Waals surface area contributed by atoms with E-state index in [0.717, 1.165) is 4.31 Å². The Morgan fingerprint density at radius 2 is 1.70 bits per heavy atom. The van der Waals surface area contributed by atoms with Gasteiger partial charge in [0.25, 0.3) is 0 Å². The maximum absolute atomic E-state index is 13.0. The minimum Gasteiger partial charge on any atom is -0.433 e. The van der Waals surface area contributed by atoms with Gasteiger partial charge in [-0.05, 0) is 24.3 Å². The van der Waals surface area contributed by atoms with Gasteiger partial charge in [0.05, 0.1) is 18.0 Å². The fraction of sp³-hybridized carbons (Fsp3) is 0.158. The Bertz CT molecular complexity index is 1080. The number of nitrogens with zero attached hydrogens (tertiary/aromatic N) is 2. The molecule has 138 valence electrons. The van der Waals surface area contributed by atoms with Gasteiger partial charge in [-0.25, -0.2) is 13.4 Å². The molecule has 0 radical (unpaired) electrons. The van der Waals surface area contributed by atoms with Gasteiger partial charge in [0.1, 0.15) is 11.7 Å². The van der Waals surface area contributed by atoms with E-state index in [1.807, 2.05) is 18.2 Å². The lowest BCUT2D eigenvalue weighted by Crippen LogP contribution is -2.49. The molecule has 7 nitrogen and oxygen atoms in total. The number of sulfonamides is 1. The molecule has 4 rings (SSSR count). The number of rotatable bonds is 4. The first-order valence-electron chi connectivity index (χ1n) is 8.29. The largest absolute Gasteiger partial charge is 0.433 e. The molecule has 8 heteroatoms. The number of aromatic nitrogens is 1. The molecule has 3 aromatic rings. The zero-order valence-corrected chi connectivity index (χ0v) is 15.0. The molecule has 0 spiro atoms. The summed E-state index contributed by atoms with van der Waals surface area (Å²) in [7, 11) is -3.98. The van der Waals surface area contributed by atoms with E-state index in [-0.39, 0.29) is 28.8 Å². The number of ketones is 1. The van der Waals surface area contributed by atoms with Crippen LogP contribution < -0.4 is 0 Å². The molecular formula is C19H16N2O5S. The van der Waals surface area contributed by atoms with Crippen LogP contribution in [0.2, 0.25) is 0 Å². The Labute approximate surface area is 155 Å². The van der Waals surface area contributed by atoms with Crippen molar-refractivity contribution in [1.82, 2.24) is 9.29 Å². The summed E-state index contributed by atoms with van der Waals surface area (Å²) in [6, 6.07) is 15.6. The van der Waals surface area contributed by atoms with Crippen molar-refractivity contribution in [3.8, 4) is 11.5 Å². The summed E-state index contributed by atoms with van der Waals surface area (Å²) in [5.41, 5.74) is 0.917. The van der Waals surface area contributed by atoms with Crippen molar-refractivity contribution < 1.29 is 22.7 Å². The van der Waals surface area contributed by atoms with E-state index in [1.54, 1.807) is 30.3 Å². The number of hydrogen-bond acceptors (Lipinski definition) is 6. The van der Waals surface area contributed by atoms with Crippen molar-refractivity contribution in [2.24, 2.45) is 0 Å². The Morgan fingerprint density at radius 1 is 1.07 bits per heavy atom. The molecule has 0 bridgehead atoms. The van der Waals surface area contributed by atoms with E-state index in [1.165, 1.54) is 12.1 Å². The predicted molar refractivity (Wildman–Crippen MR) is 96.3 cm³/mol. The minimum absolute atomic E-state index is 0.00702.